The number of halogens is 1. The van der Waals surface area contributed by atoms with E-state index >= 15 is 0 Å². The van der Waals surface area contributed by atoms with Crippen LogP contribution in [0.5, 0.6) is 11.6 Å². The van der Waals surface area contributed by atoms with Crippen molar-refractivity contribution in [3.63, 3.8) is 0 Å². The number of fused-ring (bicyclic) bond motifs is 1. The van der Waals surface area contributed by atoms with Crippen LogP contribution in [0.15, 0.2) is 53.5 Å². The molecule has 1 fully saturated rings. The van der Waals surface area contributed by atoms with Gasteiger partial charge in [-0.1, -0.05) is 12.1 Å². The van der Waals surface area contributed by atoms with Crippen molar-refractivity contribution in [2.45, 2.75) is 12.8 Å². The minimum Gasteiger partial charge on any atom is -0.494 e. The summed E-state index contributed by atoms with van der Waals surface area (Å²) in [7, 11) is 2.17. The molecule has 188 valence electrons. The van der Waals surface area contributed by atoms with Crippen LogP contribution in [0.4, 0.5) is 10.2 Å². The van der Waals surface area contributed by atoms with E-state index in [0.717, 1.165) is 56.2 Å². The summed E-state index contributed by atoms with van der Waals surface area (Å²) >= 11 is 0. The molecular weight excluding hydrogens is 459 g/mol. The maximum atomic E-state index is 13.6. The molecule has 0 aliphatic carbocycles. The van der Waals surface area contributed by atoms with Crippen LogP contribution in [0.1, 0.15) is 23.2 Å². The molecule has 2 aromatic heterocycles. The lowest BCUT2D eigenvalue weighted by Gasteiger charge is -2.32. The molecule has 0 atom stereocenters. The van der Waals surface area contributed by atoms with E-state index in [1.165, 1.54) is 18.3 Å². The second-order valence-electron chi connectivity index (χ2n) is 9.25. The normalized spacial score (nSPS) is 15.3. The van der Waals surface area contributed by atoms with Gasteiger partial charge in [0, 0.05) is 68.0 Å². The number of piperazine rings is 1. The zero-order valence-electron chi connectivity index (χ0n) is 20.4. The Labute approximate surface area is 209 Å². The number of benzene rings is 2. The van der Waals surface area contributed by atoms with Gasteiger partial charge in [0.2, 0.25) is 0 Å². The Hall–Kier alpha value is -3.69. The summed E-state index contributed by atoms with van der Waals surface area (Å²) in [5, 5.41) is 17.9. The van der Waals surface area contributed by atoms with E-state index in [0.29, 0.717) is 35.3 Å². The zero-order valence-corrected chi connectivity index (χ0v) is 20.4. The van der Waals surface area contributed by atoms with Gasteiger partial charge >= 0.3 is 0 Å². The summed E-state index contributed by atoms with van der Waals surface area (Å²) in [6.45, 7) is 6.34. The number of aliphatic imine (C=N–C) groups is 1. The summed E-state index contributed by atoms with van der Waals surface area (Å²) in [5.41, 5.74) is 3.11. The van der Waals surface area contributed by atoms with Gasteiger partial charge in [-0.15, -0.1) is 0 Å². The molecule has 36 heavy (non-hydrogen) atoms. The standard InChI is InChI=1S/C27H31FN6O2/c1-33-10-12-34(13-11-33)9-2-14-36-22-6-3-19(4-7-22)15-21-17-26(32-31-21)29-18-24-23-16-20(28)5-8-25(23)30-27(24)35/h3-8,16-18,30,35H,2,9-15H2,1H3,(H,31,32). The van der Waals surface area contributed by atoms with Crippen LogP contribution in [0, 0.1) is 5.82 Å². The van der Waals surface area contributed by atoms with Crippen molar-refractivity contribution in [2.75, 3.05) is 46.4 Å². The van der Waals surface area contributed by atoms with Crippen LogP contribution < -0.4 is 4.74 Å². The Morgan fingerprint density at radius 3 is 2.72 bits per heavy atom. The van der Waals surface area contributed by atoms with Gasteiger partial charge < -0.3 is 24.6 Å². The van der Waals surface area contributed by atoms with Crippen LogP contribution in [0.25, 0.3) is 10.9 Å². The number of aromatic nitrogens is 3. The number of likely N-dealkylation sites (N-methyl/N-ethyl adjacent to an activating group) is 1. The fourth-order valence-corrected chi connectivity index (χ4v) is 4.41. The van der Waals surface area contributed by atoms with E-state index in [4.69, 9.17) is 4.74 Å². The zero-order chi connectivity index (χ0) is 24.9. The van der Waals surface area contributed by atoms with Gasteiger partial charge in [0.25, 0.3) is 0 Å². The molecule has 0 spiro atoms. The highest BCUT2D eigenvalue weighted by Gasteiger charge is 2.13. The molecule has 3 N–H and O–H groups in total. The highest BCUT2D eigenvalue weighted by atomic mass is 19.1. The molecule has 0 unspecified atom stereocenters. The van der Waals surface area contributed by atoms with Crippen LogP contribution in [-0.4, -0.2) is 82.7 Å². The molecule has 1 saturated heterocycles. The van der Waals surface area contributed by atoms with Crippen LogP contribution in [-0.2, 0) is 6.42 Å². The second-order valence-corrected chi connectivity index (χ2v) is 9.25. The second kappa shape index (κ2) is 10.9. The molecule has 0 radical (unpaired) electrons. The van der Waals surface area contributed by atoms with E-state index in [1.807, 2.05) is 18.2 Å². The number of aromatic amines is 2. The Balaban J connectivity index is 1.12. The van der Waals surface area contributed by atoms with Crippen molar-refractivity contribution in [1.82, 2.24) is 25.0 Å². The van der Waals surface area contributed by atoms with E-state index in [9.17, 15) is 9.50 Å². The number of hydrogen-bond donors (Lipinski definition) is 3. The number of ether oxygens (including phenoxy) is 1. The SMILES string of the molecule is CN1CCN(CCCOc2ccc(Cc3cc(N=Cc4c(O)[nH]c5ccc(F)cc45)n[nH]3)cc2)CC1. The van der Waals surface area contributed by atoms with Gasteiger partial charge in [0.05, 0.1) is 12.2 Å². The molecule has 3 heterocycles. The van der Waals surface area contributed by atoms with Crippen LogP contribution in [0.3, 0.4) is 0 Å². The quantitative estimate of drug-likeness (QED) is 0.243. The Kier molecular flexibility index (Phi) is 7.29. The van der Waals surface area contributed by atoms with Crippen molar-refractivity contribution >= 4 is 22.9 Å². The third kappa shape index (κ3) is 5.92. The number of rotatable bonds is 9. The molecule has 4 aromatic rings. The van der Waals surface area contributed by atoms with Gasteiger partial charge in [-0.25, -0.2) is 9.38 Å². The number of nitrogens with one attached hydrogen (secondary N) is 2. The Morgan fingerprint density at radius 1 is 1.11 bits per heavy atom. The third-order valence-corrected chi connectivity index (χ3v) is 6.52. The predicted molar refractivity (Wildman–Crippen MR) is 139 cm³/mol. The van der Waals surface area contributed by atoms with E-state index in [1.54, 1.807) is 6.07 Å². The summed E-state index contributed by atoms with van der Waals surface area (Å²) < 4.78 is 19.5. The number of H-pyrrole nitrogens is 2. The molecule has 1 aliphatic rings. The maximum absolute atomic E-state index is 13.6. The van der Waals surface area contributed by atoms with Gasteiger partial charge in [0.15, 0.2) is 11.7 Å². The van der Waals surface area contributed by atoms with Crippen molar-refractivity contribution in [3.8, 4) is 11.6 Å². The monoisotopic (exact) mass is 490 g/mol. The van der Waals surface area contributed by atoms with Crippen LogP contribution in [0.2, 0.25) is 0 Å². The minimum absolute atomic E-state index is 0.0586. The van der Waals surface area contributed by atoms with E-state index in [-0.39, 0.29) is 11.7 Å². The highest BCUT2D eigenvalue weighted by Crippen LogP contribution is 2.27. The molecule has 1 aliphatic heterocycles. The summed E-state index contributed by atoms with van der Waals surface area (Å²) in [5.74, 6) is 0.925. The van der Waals surface area contributed by atoms with Crippen LogP contribution >= 0.6 is 0 Å². The Bertz CT molecular complexity index is 1320. The fourth-order valence-electron chi connectivity index (χ4n) is 4.41. The number of aromatic hydroxyl groups is 1. The first-order valence-electron chi connectivity index (χ1n) is 12.2. The minimum atomic E-state index is -0.375. The molecule has 5 rings (SSSR count). The first-order valence-corrected chi connectivity index (χ1v) is 12.2. The molecule has 0 saturated carbocycles. The smallest absolute Gasteiger partial charge is 0.198 e. The van der Waals surface area contributed by atoms with Crippen molar-refractivity contribution in [2.24, 2.45) is 4.99 Å². The number of nitrogens with zero attached hydrogens (tertiary/aromatic N) is 4. The highest BCUT2D eigenvalue weighted by molar-refractivity contribution is 6.02. The molecule has 8 nitrogen and oxygen atoms in total. The maximum Gasteiger partial charge on any atom is 0.198 e. The summed E-state index contributed by atoms with van der Waals surface area (Å²) in [6, 6.07) is 14.2. The Morgan fingerprint density at radius 2 is 1.92 bits per heavy atom. The molecular formula is C27H31FN6O2. The lowest BCUT2D eigenvalue weighted by Crippen LogP contribution is -2.44. The van der Waals surface area contributed by atoms with Gasteiger partial charge in [-0.3, -0.25) is 5.10 Å². The molecule has 0 bridgehead atoms. The fraction of sp³-hybridized carbons (Fsp3) is 0.333. The average Bonchev–Trinajstić information content (AvgIpc) is 3.45. The first-order chi connectivity index (χ1) is 17.5. The predicted octanol–water partition coefficient (Wildman–Crippen LogP) is 4.09. The summed E-state index contributed by atoms with van der Waals surface area (Å²) in [4.78, 5) is 12.0. The lowest BCUT2D eigenvalue weighted by molar-refractivity contribution is 0.145. The van der Waals surface area contributed by atoms with Crippen molar-refractivity contribution in [1.29, 1.82) is 0 Å². The van der Waals surface area contributed by atoms with Gasteiger partial charge in [-0.05, 0) is 49.4 Å². The first kappa shape index (κ1) is 24.0. The average molecular weight is 491 g/mol. The van der Waals surface area contributed by atoms with Gasteiger partial charge in [0.1, 0.15) is 11.6 Å². The molecule has 0 amide bonds. The third-order valence-electron chi connectivity index (χ3n) is 6.52. The van der Waals surface area contributed by atoms with Crippen molar-refractivity contribution < 1.29 is 14.2 Å². The number of hydrogen-bond acceptors (Lipinski definition) is 6. The summed E-state index contributed by atoms with van der Waals surface area (Å²) in [6.07, 6.45) is 3.19. The van der Waals surface area contributed by atoms with E-state index < -0.39 is 0 Å². The van der Waals surface area contributed by atoms with E-state index in [2.05, 4.69) is 49.2 Å². The van der Waals surface area contributed by atoms with Crippen molar-refractivity contribution in [3.05, 3.63) is 71.2 Å². The topological polar surface area (TPSA) is 92.8 Å². The lowest BCUT2D eigenvalue weighted by atomic mass is 10.1. The largest absolute Gasteiger partial charge is 0.494 e. The molecule has 9 heteroatoms. The molecule has 2 aromatic carbocycles. The van der Waals surface area contributed by atoms with Gasteiger partial charge in [-0.2, -0.15) is 5.10 Å².